The van der Waals surface area contributed by atoms with E-state index < -0.39 is 10.0 Å². The molecule has 4 aromatic rings. The summed E-state index contributed by atoms with van der Waals surface area (Å²) < 4.78 is 27.8. The highest BCUT2D eigenvalue weighted by atomic mass is 35.5. The zero-order valence-electron chi connectivity index (χ0n) is 16.7. The van der Waals surface area contributed by atoms with Crippen LogP contribution in [-0.4, -0.2) is 35.1 Å². The zero-order chi connectivity index (χ0) is 22.3. The first kappa shape index (κ1) is 21.0. The minimum Gasteiger partial charge on any atom is -0.290 e. The molecule has 0 aliphatic carbocycles. The Kier molecular flexibility index (Phi) is 5.42. The highest BCUT2D eigenvalue weighted by molar-refractivity contribution is 7.91. The van der Waals surface area contributed by atoms with Crippen LogP contribution >= 0.6 is 22.9 Å². The fourth-order valence-corrected chi connectivity index (χ4v) is 6.77. The lowest BCUT2D eigenvalue weighted by molar-refractivity contribution is 0.102. The fraction of sp³-hybridized carbons (Fsp3) is 0.136. The second-order valence-electron chi connectivity index (χ2n) is 7.29. The number of fused-ring (bicyclic) bond motifs is 2. The first-order chi connectivity index (χ1) is 15.4. The van der Waals surface area contributed by atoms with Gasteiger partial charge in [-0.25, -0.2) is 18.4 Å². The fourth-order valence-electron chi connectivity index (χ4n) is 3.71. The van der Waals surface area contributed by atoms with Crippen molar-refractivity contribution in [1.82, 2.24) is 14.3 Å². The van der Waals surface area contributed by atoms with Gasteiger partial charge < -0.3 is 0 Å². The molecule has 0 saturated heterocycles. The topological polar surface area (TPSA) is 92.3 Å². The Morgan fingerprint density at radius 2 is 1.91 bits per heavy atom. The Balaban J connectivity index is 1.36. The summed E-state index contributed by atoms with van der Waals surface area (Å²) >= 11 is 6.94. The number of thiophene rings is 1. The number of aromatic nitrogens is 2. The van der Waals surface area contributed by atoms with Crippen LogP contribution in [0, 0.1) is 0 Å². The average Bonchev–Trinajstić information content (AvgIpc) is 3.25. The van der Waals surface area contributed by atoms with Crippen LogP contribution in [0.1, 0.15) is 21.6 Å². The first-order valence-corrected chi connectivity index (χ1v) is 12.4. The van der Waals surface area contributed by atoms with Crippen molar-refractivity contribution in [2.75, 3.05) is 11.9 Å². The third kappa shape index (κ3) is 3.88. The number of nitrogens with one attached hydrogen (secondary N) is 1. The predicted octanol–water partition coefficient (Wildman–Crippen LogP) is 4.34. The van der Waals surface area contributed by atoms with Crippen molar-refractivity contribution in [3.05, 3.63) is 82.0 Å². The molecule has 0 unspecified atom stereocenters. The van der Waals surface area contributed by atoms with Gasteiger partial charge in [-0.3, -0.25) is 10.1 Å². The molecular formula is C22H17ClN4O3S2. The van der Waals surface area contributed by atoms with Gasteiger partial charge in [0.2, 0.25) is 5.95 Å². The molecule has 7 nitrogen and oxygen atoms in total. The minimum atomic E-state index is -3.63. The molecule has 1 N–H and O–H groups in total. The molecule has 1 aliphatic heterocycles. The Morgan fingerprint density at radius 1 is 1.09 bits per heavy atom. The van der Waals surface area contributed by atoms with Crippen LogP contribution < -0.4 is 5.32 Å². The van der Waals surface area contributed by atoms with E-state index in [0.717, 1.165) is 27.8 Å². The van der Waals surface area contributed by atoms with Gasteiger partial charge >= 0.3 is 0 Å². The highest BCUT2D eigenvalue weighted by Crippen LogP contribution is 2.31. The SMILES string of the molecule is O=C(Nc1ncc2c(n1)CCN(S(=O)(=O)c1ccc(Cl)s1)C2)c1cccc2ccccc12. The van der Waals surface area contributed by atoms with E-state index in [1.807, 2.05) is 36.4 Å². The average molecular weight is 485 g/mol. The summed E-state index contributed by atoms with van der Waals surface area (Å²) in [7, 11) is -3.63. The van der Waals surface area contributed by atoms with E-state index in [1.54, 1.807) is 18.3 Å². The van der Waals surface area contributed by atoms with E-state index in [-0.39, 0.29) is 22.6 Å². The van der Waals surface area contributed by atoms with Gasteiger partial charge in [-0.05, 0) is 29.0 Å². The Labute approximate surface area is 193 Å². The number of hydrogen-bond acceptors (Lipinski definition) is 6. The summed E-state index contributed by atoms with van der Waals surface area (Å²) in [6.07, 6.45) is 2.00. The first-order valence-electron chi connectivity index (χ1n) is 9.81. The molecule has 0 radical (unpaired) electrons. The summed E-state index contributed by atoms with van der Waals surface area (Å²) in [5.41, 5.74) is 1.98. The lowest BCUT2D eigenvalue weighted by Gasteiger charge is -2.26. The number of rotatable bonds is 4. The van der Waals surface area contributed by atoms with Gasteiger partial charge in [0.15, 0.2) is 0 Å². The number of hydrogen-bond donors (Lipinski definition) is 1. The molecule has 5 rings (SSSR count). The van der Waals surface area contributed by atoms with E-state index in [2.05, 4.69) is 15.3 Å². The second-order valence-corrected chi connectivity index (χ2v) is 11.2. The van der Waals surface area contributed by atoms with Crippen molar-refractivity contribution in [2.24, 2.45) is 0 Å². The summed E-state index contributed by atoms with van der Waals surface area (Å²) in [4.78, 5) is 21.6. The summed E-state index contributed by atoms with van der Waals surface area (Å²) in [5, 5.41) is 4.58. The summed E-state index contributed by atoms with van der Waals surface area (Å²) in [6, 6.07) is 16.3. The zero-order valence-corrected chi connectivity index (χ0v) is 19.0. The van der Waals surface area contributed by atoms with Crippen molar-refractivity contribution < 1.29 is 13.2 Å². The normalized spacial score (nSPS) is 14.3. The minimum absolute atomic E-state index is 0.171. The van der Waals surface area contributed by atoms with Crippen molar-refractivity contribution >= 4 is 55.6 Å². The molecular weight excluding hydrogens is 468 g/mol. The number of carbonyl (C=O) groups excluding carboxylic acids is 1. The van der Waals surface area contributed by atoms with Gasteiger partial charge in [-0.1, -0.05) is 48.0 Å². The van der Waals surface area contributed by atoms with E-state index in [0.29, 0.717) is 28.4 Å². The molecule has 1 amide bonds. The lowest BCUT2D eigenvalue weighted by Crippen LogP contribution is -2.36. The quantitative estimate of drug-likeness (QED) is 0.465. The van der Waals surface area contributed by atoms with Crippen LogP contribution in [0.2, 0.25) is 4.34 Å². The number of sulfonamides is 1. The van der Waals surface area contributed by atoms with Crippen molar-refractivity contribution in [2.45, 2.75) is 17.2 Å². The molecule has 10 heteroatoms. The van der Waals surface area contributed by atoms with Crippen LogP contribution in [0.3, 0.4) is 0 Å². The van der Waals surface area contributed by atoms with Gasteiger partial charge in [-0.15, -0.1) is 11.3 Å². The maximum absolute atomic E-state index is 12.9. The monoisotopic (exact) mass is 484 g/mol. The maximum Gasteiger partial charge on any atom is 0.258 e. The third-order valence-corrected chi connectivity index (χ3v) is 8.84. The van der Waals surface area contributed by atoms with Crippen LogP contribution in [0.4, 0.5) is 5.95 Å². The largest absolute Gasteiger partial charge is 0.290 e. The smallest absolute Gasteiger partial charge is 0.258 e. The molecule has 1 aliphatic rings. The number of carbonyl (C=O) groups is 1. The third-order valence-electron chi connectivity index (χ3n) is 5.30. The number of nitrogens with zero attached hydrogens (tertiary/aromatic N) is 3. The number of benzene rings is 2. The van der Waals surface area contributed by atoms with Crippen molar-refractivity contribution in [3.8, 4) is 0 Å². The Bertz CT molecular complexity index is 1450. The van der Waals surface area contributed by atoms with Gasteiger partial charge in [0.1, 0.15) is 4.21 Å². The van der Waals surface area contributed by atoms with Crippen molar-refractivity contribution in [1.29, 1.82) is 0 Å². The van der Waals surface area contributed by atoms with Crippen LogP contribution in [0.5, 0.6) is 0 Å². The van der Waals surface area contributed by atoms with Crippen LogP contribution in [-0.2, 0) is 23.0 Å². The van der Waals surface area contributed by atoms with E-state index >= 15 is 0 Å². The molecule has 0 saturated carbocycles. The van der Waals surface area contributed by atoms with E-state index in [1.165, 1.54) is 10.4 Å². The molecule has 0 spiro atoms. The molecule has 2 aromatic carbocycles. The molecule has 0 fully saturated rings. The summed E-state index contributed by atoms with van der Waals surface area (Å²) in [6.45, 7) is 0.462. The molecule has 0 bridgehead atoms. The van der Waals surface area contributed by atoms with E-state index in [4.69, 9.17) is 11.6 Å². The maximum atomic E-state index is 12.9. The van der Waals surface area contributed by atoms with Gasteiger partial charge in [0, 0.05) is 36.8 Å². The van der Waals surface area contributed by atoms with Gasteiger partial charge in [-0.2, -0.15) is 4.31 Å². The number of halogens is 1. The molecule has 2 aromatic heterocycles. The van der Waals surface area contributed by atoms with Crippen LogP contribution in [0.25, 0.3) is 10.8 Å². The summed E-state index contributed by atoms with van der Waals surface area (Å²) in [5.74, 6) is -0.0978. The highest BCUT2D eigenvalue weighted by Gasteiger charge is 2.30. The van der Waals surface area contributed by atoms with E-state index in [9.17, 15) is 13.2 Å². The van der Waals surface area contributed by atoms with Gasteiger partial charge in [0.25, 0.3) is 15.9 Å². The standard InChI is InChI=1S/C22H17ClN4O3S2/c23-19-8-9-20(31-19)32(29,30)27-11-10-18-15(13-27)12-24-22(25-18)26-21(28)17-7-3-5-14-4-1-2-6-16(14)17/h1-9,12H,10-11,13H2,(H,24,25,26,28). The predicted molar refractivity (Wildman–Crippen MR) is 125 cm³/mol. The Morgan fingerprint density at radius 3 is 2.72 bits per heavy atom. The molecule has 0 atom stereocenters. The second kappa shape index (κ2) is 8.25. The van der Waals surface area contributed by atoms with Crippen molar-refractivity contribution in [3.63, 3.8) is 0 Å². The number of anilines is 1. The number of amides is 1. The molecule has 162 valence electrons. The van der Waals surface area contributed by atoms with Gasteiger partial charge in [0.05, 0.1) is 10.0 Å². The van der Waals surface area contributed by atoms with Crippen LogP contribution in [0.15, 0.2) is 65.0 Å². The Hall–Kier alpha value is -2.85. The lowest BCUT2D eigenvalue weighted by atomic mass is 10.0. The molecule has 32 heavy (non-hydrogen) atoms. The molecule has 3 heterocycles.